The lowest BCUT2D eigenvalue weighted by Gasteiger charge is -2.39. The highest BCUT2D eigenvalue weighted by Crippen LogP contribution is 2.32. The molecule has 2 rings (SSSR count). The second kappa shape index (κ2) is 23.4. The Balaban J connectivity index is 2.40. The summed E-state index contributed by atoms with van der Waals surface area (Å²) in [5, 5.41) is 21.3. The lowest BCUT2D eigenvalue weighted by Crippen LogP contribution is -2.58. The number of rotatable bonds is 25. The van der Waals surface area contributed by atoms with Crippen LogP contribution in [0.1, 0.15) is 128 Å². The van der Waals surface area contributed by atoms with Crippen molar-refractivity contribution in [2.45, 2.75) is 138 Å². The molecule has 0 unspecified atom stereocenters. The first-order chi connectivity index (χ1) is 25.2. The number of hydrogen-bond donors (Lipinski definition) is 4. The molecule has 0 bridgehead atoms. The van der Waals surface area contributed by atoms with Gasteiger partial charge in [0, 0.05) is 37.0 Å². The van der Waals surface area contributed by atoms with E-state index >= 15 is 0 Å². The van der Waals surface area contributed by atoms with Crippen molar-refractivity contribution in [2.24, 2.45) is 23.7 Å². The van der Waals surface area contributed by atoms with E-state index in [1.165, 1.54) is 11.3 Å². The zero-order valence-corrected chi connectivity index (χ0v) is 34.6. The third-order valence-corrected chi connectivity index (χ3v) is 10.7. The number of nitrogens with one attached hydrogen (secondary N) is 3. The fraction of sp³-hybridized carbons (Fsp3) is 0.683. The SMILES string of the molecule is CCCO[C@H](C[C@H](C(C)C)N(CCC)C(=O)[C@@H](NC(=O)[C@H](CC(C)C)NC)[C@@H](C)CC)c1nc(C(=O)N[C@@H](Cc2ccccc2)C[C@H](C)C(=O)O)cs1. The van der Waals surface area contributed by atoms with Crippen molar-refractivity contribution in [3.8, 4) is 0 Å². The fourth-order valence-corrected chi connectivity index (χ4v) is 7.38. The predicted octanol–water partition coefficient (Wildman–Crippen LogP) is 6.88. The summed E-state index contributed by atoms with van der Waals surface area (Å²) in [5.41, 5.74) is 1.25. The third kappa shape index (κ3) is 14.8. The summed E-state index contributed by atoms with van der Waals surface area (Å²) in [6.45, 7) is 19.1. The maximum Gasteiger partial charge on any atom is 0.306 e. The molecule has 11 nitrogen and oxygen atoms in total. The Bertz CT molecular complexity index is 1400. The van der Waals surface area contributed by atoms with E-state index in [0.717, 1.165) is 24.8 Å². The molecule has 0 aliphatic heterocycles. The zero-order valence-electron chi connectivity index (χ0n) is 33.8. The van der Waals surface area contributed by atoms with Gasteiger partial charge in [0.05, 0.1) is 12.0 Å². The molecule has 4 N–H and O–H groups in total. The Morgan fingerprint density at radius 1 is 0.925 bits per heavy atom. The molecule has 2 aromatic rings. The first-order valence-electron chi connectivity index (χ1n) is 19.6. The van der Waals surface area contributed by atoms with Gasteiger partial charge in [-0.25, -0.2) is 4.98 Å². The normalized spacial score (nSPS) is 15.6. The molecule has 1 heterocycles. The van der Waals surface area contributed by atoms with Crippen LogP contribution in [0.15, 0.2) is 35.7 Å². The van der Waals surface area contributed by atoms with Gasteiger partial charge in [-0.3, -0.25) is 19.2 Å². The highest BCUT2D eigenvalue weighted by atomic mass is 32.1. The van der Waals surface area contributed by atoms with Crippen LogP contribution in [0.4, 0.5) is 0 Å². The van der Waals surface area contributed by atoms with Gasteiger partial charge < -0.3 is 30.7 Å². The molecular formula is C41H67N5O6S. The second-order valence-corrected chi connectivity index (χ2v) is 16.1. The number of carbonyl (C=O) groups excluding carboxylic acids is 3. The number of aliphatic carboxylic acids is 1. The van der Waals surface area contributed by atoms with Crippen LogP contribution in [0.5, 0.6) is 0 Å². The number of aromatic nitrogens is 1. The Hall–Kier alpha value is -3.35. The zero-order chi connectivity index (χ0) is 39.7. The van der Waals surface area contributed by atoms with Crippen molar-refractivity contribution in [1.82, 2.24) is 25.8 Å². The van der Waals surface area contributed by atoms with E-state index in [0.29, 0.717) is 43.3 Å². The minimum Gasteiger partial charge on any atom is -0.481 e. The van der Waals surface area contributed by atoms with Crippen molar-refractivity contribution in [3.05, 3.63) is 52.0 Å². The van der Waals surface area contributed by atoms with Gasteiger partial charge in [-0.15, -0.1) is 11.3 Å². The largest absolute Gasteiger partial charge is 0.481 e. The topological polar surface area (TPSA) is 150 Å². The van der Waals surface area contributed by atoms with Gasteiger partial charge in [0.25, 0.3) is 5.91 Å². The first kappa shape index (κ1) is 45.8. The Morgan fingerprint density at radius 2 is 1.60 bits per heavy atom. The number of likely N-dealkylation sites (N-methyl/N-ethyl adjacent to an activating group) is 1. The lowest BCUT2D eigenvalue weighted by atomic mass is 9.92. The monoisotopic (exact) mass is 757 g/mol. The fourth-order valence-electron chi connectivity index (χ4n) is 6.52. The molecule has 0 spiro atoms. The van der Waals surface area contributed by atoms with Crippen LogP contribution in [0.25, 0.3) is 0 Å². The highest BCUT2D eigenvalue weighted by molar-refractivity contribution is 7.09. The van der Waals surface area contributed by atoms with Gasteiger partial charge in [-0.1, -0.05) is 99.1 Å². The second-order valence-electron chi connectivity index (χ2n) is 15.2. The van der Waals surface area contributed by atoms with Gasteiger partial charge in [-0.2, -0.15) is 0 Å². The van der Waals surface area contributed by atoms with Crippen LogP contribution in [0, 0.1) is 23.7 Å². The molecule has 1 aromatic heterocycles. The summed E-state index contributed by atoms with van der Waals surface area (Å²) in [5.74, 6) is -1.88. The van der Waals surface area contributed by atoms with Gasteiger partial charge in [0.1, 0.15) is 22.8 Å². The first-order valence-corrected chi connectivity index (χ1v) is 20.5. The number of carboxylic acid groups (broad SMARTS) is 1. The number of ether oxygens (including phenoxy) is 1. The minimum atomic E-state index is -0.911. The summed E-state index contributed by atoms with van der Waals surface area (Å²) in [6, 6.07) is 7.98. The summed E-state index contributed by atoms with van der Waals surface area (Å²) in [7, 11) is 1.78. The molecule has 0 radical (unpaired) electrons. The number of carbonyl (C=O) groups is 4. The smallest absolute Gasteiger partial charge is 0.306 e. The van der Waals surface area contributed by atoms with E-state index in [4.69, 9.17) is 9.72 Å². The summed E-state index contributed by atoms with van der Waals surface area (Å²) in [4.78, 5) is 60.0. The number of amides is 3. The van der Waals surface area contributed by atoms with E-state index in [9.17, 15) is 24.3 Å². The molecular weight excluding hydrogens is 691 g/mol. The van der Waals surface area contributed by atoms with Gasteiger partial charge in [-0.05, 0) is 62.5 Å². The average Bonchev–Trinajstić information content (AvgIpc) is 3.62. The average molecular weight is 758 g/mol. The highest BCUT2D eigenvalue weighted by Gasteiger charge is 2.37. The van der Waals surface area contributed by atoms with Crippen LogP contribution in [-0.4, -0.2) is 83.0 Å². The Morgan fingerprint density at radius 3 is 2.15 bits per heavy atom. The Kier molecular flexibility index (Phi) is 20.3. The van der Waals surface area contributed by atoms with Gasteiger partial charge in [0.15, 0.2) is 0 Å². The molecule has 0 fully saturated rings. The molecule has 0 saturated carbocycles. The van der Waals surface area contributed by atoms with Crippen LogP contribution < -0.4 is 16.0 Å². The quantitative estimate of drug-likeness (QED) is 0.0857. The van der Waals surface area contributed by atoms with Crippen molar-refractivity contribution in [1.29, 1.82) is 0 Å². The minimum absolute atomic E-state index is 0.0650. The van der Waals surface area contributed by atoms with Crippen molar-refractivity contribution >= 4 is 35.0 Å². The van der Waals surface area contributed by atoms with E-state index < -0.39 is 36.1 Å². The van der Waals surface area contributed by atoms with Crippen LogP contribution in [-0.2, 0) is 25.5 Å². The van der Waals surface area contributed by atoms with Gasteiger partial charge in [0.2, 0.25) is 11.8 Å². The molecule has 0 aliphatic carbocycles. The van der Waals surface area contributed by atoms with E-state index in [-0.39, 0.29) is 47.7 Å². The predicted molar refractivity (Wildman–Crippen MR) is 213 cm³/mol. The maximum atomic E-state index is 14.6. The van der Waals surface area contributed by atoms with E-state index in [1.54, 1.807) is 19.4 Å². The lowest BCUT2D eigenvalue weighted by molar-refractivity contribution is -0.142. The van der Waals surface area contributed by atoms with Crippen molar-refractivity contribution in [2.75, 3.05) is 20.2 Å². The molecule has 0 aliphatic rings. The third-order valence-electron chi connectivity index (χ3n) is 9.79. The molecule has 298 valence electrons. The number of benzene rings is 1. The maximum absolute atomic E-state index is 14.6. The number of thiazole rings is 1. The van der Waals surface area contributed by atoms with Crippen LogP contribution >= 0.6 is 11.3 Å². The van der Waals surface area contributed by atoms with E-state index in [2.05, 4.69) is 43.6 Å². The standard InChI is InChI=1S/C41H67N5O6S/c1-11-19-46(40(49)36(28(8)13-3)45-37(47)32(42-10)21-26(4)5)34(27(6)7)24-35(52-20-12-2)39-44-33(25-53-39)38(48)43-31(22-29(9)41(50)51)23-30-17-15-14-16-18-30/h14-18,25-29,31-32,34-36,42H,11-13,19-24H2,1-10H3,(H,43,48)(H,45,47)(H,50,51)/t28-,29-,31+,32-,34+,35+,36-/m0/s1. The molecule has 3 amide bonds. The van der Waals surface area contributed by atoms with Crippen molar-refractivity contribution in [3.63, 3.8) is 0 Å². The summed E-state index contributed by atoms with van der Waals surface area (Å²) >= 11 is 1.35. The molecule has 12 heteroatoms. The molecule has 0 saturated heterocycles. The summed E-state index contributed by atoms with van der Waals surface area (Å²) in [6.07, 6.45) is 3.69. The van der Waals surface area contributed by atoms with Gasteiger partial charge >= 0.3 is 5.97 Å². The van der Waals surface area contributed by atoms with E-state index in [1.807, 2.05) is 62.9 Å². The Labute approximate surface area is 322 Å². The number of nitrogens with zero attached hydrogens (tertiary/aromatic N) is 2. The molecule has 7 atom stereocenters. The molecule has 1 aromatic carbocycles. The van der Waals surface area contributed by atoms with Crippen LogP contribution in [0.3, 0.4) is 0 Å². The number of carboxylic acids is 1. The summed E-state index contributed by atoms with van der Waals surface area (Å²) < 4.78 is 6.41. The van der Waals surface area contributed by atoms with Crippen molar-refractivity contribution < 1.29 is 29.0 Å². The number of hydrogen-bond acceptors (Lipinski definition) is 8. The van der Waals surface area contributed by atoms with Crippen LogP contribution in [0.2, 0.25) is 0 Å². The molecule has 53 heavy (non-hydrogen) atoms.